The normalized spacial score (nSPS) is 17.7. The molecule has 0 spiro atoms. The summed E-state index contributed by atoms with van der Waals surface area (Å²) in [5.74, 6) is -0.0663. The Morgan fingerprint density at radius 3 is 2.50 bits per heavy atom. The number of rotatable bonds is 9. The number of carbonyl (C=O) groups excluding carboxylic acids is 2. The Morgan fingerprint density at radius 1 is 1.07 bits per heavy atom. The molecule has 0 saturated carbocycles. The van der Waals surface area contributed by atoms with Crippen molar-refractivity contribution in [2.24, 2.45) is 0 Å². The molecule has 2 aliphatic heterocycles. The van der Waals surface area contributed by atoms with Gasteiger partial charge in [0.15, 0.2) is 5.65 Å². The second-order valence-corrected chi connectivity index (χ2v) is 10.7. The van der Waals surface area contributed by atoms with Crippen LogP contribution in [0.3, 0.4) is 0 Å². The fourth-order valence-corrected chi connectivity index (χ4v) is 5.73. The minimum atomic E-state index is -4.34. The molecular weight excluding hydrogens is 547 g/mol. The standard InChI is InChI=1S/C30H36F3N7O2/c1-3-37(4-2)24-14-19-39(20-24)28(42)22-7-9-23(10-8-22)34-29-35-27-25(6-5-16-40(27)36-29)21-12-17-38(18-13-21)26(41)11-15-30(31,32)33/h5-10,12,16,24H,3-4,11,13-15,17-20H2,1-2H3,(H,34,36). The first kappa shape index (κ1) is 29.6. The van der Waals surface area contributed by atoms with Crippen LogP contribution in [-0.2, 0) is 4.79 Å². The molecule has 0 radical (unpaired) electrons. The maximum atomic E-state index is 13.1. The highest BCUT2D eigenvalue weighted by molar-refractivity contribution is 5.94. The van der Waals surface area contributed by atoms with Gasteiger partial charge in [-0.3, -0.25) is 14.5 Å². The number of amides is 2. The highest BCUT2D eigenvalue weighted by Gasteiger charge is 2.31. The summed E-state index contributed by atoms with van der Waals surface area (Å²) in [4.78, 5) is 35.7. The first-order chi connectivity index (χ1) is 20.1. The SMILES string of the molecule is CCN(CC)C1CCN(C(=O)c2ccc(Nc3nc4c(C5=CCN(C(=O)CCC(F)(F)F)CC5)cccn4n3)cc2)C1. The molecule has 224 valence electrons. The highest BCUT2D eigenvalue weighted by atomic mass is 19.4. The molecule has 0 bridgehead atoms. The van der Waals surface area contributed by atoms with Crippen molar-refractivity contribution < 1.29 is 22.8 Å². The van der Waals surface area contributed by atoms with Gasteiger partial charge in [-0.15, -0.1) is 5.10 Å². The summed E-state index contributed by atoms with van der Waals surface area (Å²) < 4.78 is 39.2. The van der Waals surface area contributed by atoms with E-state index in [4.69, 9.17) is 0 Å². The highest BCUT2D eigenvalue weighted by Crippen LogP contribution is 2.28. The molecule has 5 rings (SSSR count). The van der Waals surface area contributed by atoms with Crippen molar-refractivity contribution in [3.05, 3.63) is 59.8 Å². The fraction of sp³-hybridized carbons (Fsp3) is 0.467. The van der Waals surface area contributed by atoms with E-state index in [2.05, 4.69) is 34.1 Å². The van der Waals surface area contributed by atoms with Gasteiger partial charge in [-0.1, -0.05) is 19.9 Å². The summed E-state index contributed by atoms with van der Waals surface area (Å²) in [5.41, 5.74) is 3.84. The average molecular weight is 584 g/mol. The summed E-state index contributed by atoms with van der Waals surface area (Å²) in [6.45, 7) is 8.37. The van der Waals surface area contributed by atoms with Gasteiger partial charge in [-0.05, 0) is 67.9 Å². The van der Waals surface area contributed by atoms with Crippen LogP contribution >= 0.6 is 0 Å². The van der Waals surface area contributed by atoms with E-state index in [1.54, 1.807) is 10.7 Å². The van der Waals surface area contributed by atoms with Gasteiger partial charge < -0.3 is 15.1 Å². The summed E-state index contributed by atoms with van der Waals surface area (Å²) in [6.07, 6.45) is -0.833. The number of pyridine rings is 1. The molecule has 1 N–H and O–H groups in total. The van der Waals surface area contributed by atoms with Gasteiger partial charge in [0.05, 0.1) is 6.42 Å². The summed E-state index contributed by atoms with van der Waals surface area (Å²) in [7, 11) is 0. The van der Waals surface area contributed by atoms with E-state index in [-0.39, 0.29) is 12.5 Å². The maximum absolute atomic E-state index is 13.1. The lowest BCUT2D eigenvalue weighted by molar-refractivity contribution is -0.148. The van der Waals surface area contributed by atoms with Crippen molar-refractivity contribution in [3.8, 4) is 0 Å². The van der Waals surface area contributed by atoms with E-state index in [9.17, 15) is 22.8 Å². The van der Waals surface area contributed by atoms with Crippen molar-refractivity contribution in [3.63, 3.8) is 0 Å². The number of likely N-dealkylation sites (tertiary alicyclic amines) is 1. The van der Waals surface area contributed by atoms with Crippen LogP contribution in [0.25, 0.3) is 11.2 Å². The summed E-state index contributed by atoms with van der Waals surface area (Å²) in [6, 6.07) is 11.5. The van der Waals surface area contributed by atoms with Crippen molar-refractivity contribution >= 4 is 34.7 Å². The number of hydrogen-bond acceptors (Lipinski definition) is 6. The first-order valence-corrected chi connectivity index (χ1v) is 14.4. The van der Waals surface area contributed by atoms with Crippen LogP contribution in [0.2, 0.25) is 0 Å². The van der Waals surface area contributed by atoms with Gasteiger partial charge >= 0.3 is 6.18 Å². The molecule has 0 aliphatic carbocycles. The Bertz CT molecular complexity index is 1450. The van der Waals surface area contributed by atoms with Crippen molar-refractivity contribution in [1.29, 1.82) is 0 Å². The number of hydrogen-bond donors (Lipinski definition) is 1. The molecule has 1 fully saturated rings. The molecule has 2 aliphatic rings. The van der Waals surface area contributed by atoms with E-state index in [0.717, 1.165) is 49.4 Å². The smallest absolute Gasteiger partial charge is 0.339 e. The van der Waals surface area contributed by atoms with Crippen molar-refractivity contribution in [2.45, 2.75) is 51.7 Å². The lowest BCUT2D eigenvalue weighted by atomic mass is 10.00. The zero-order valence-corrected chi connectivity index (χ0v) is 23.9. The Hall–Kier alpha value is -3.93. The predicted molar refractivity (Wildman–Crippen MR) is 154 cm³/mol. The van der Waals surface area contributed by atoms with E-state index >= 15 is 0 Å². The molecule has 1 unspecified atom stereocenters. The van der Waals surface area contributed by atoms with Crippen LogP contribution in [0.1, 0.15) is 55.5 Å². The number of nitrogens with zero attached hydrogens (tertiary/aromatic N) is 6. The van der Waals surface area contributed by atoms with Gasteiger partial charge in [0.25, 0.3) is 5.91 Å². The van der Waals surface area contributed by atoms with Crippen LogP contribution in [0.5, 0.6) is 0 Å². The molecule has 42 heavy (non-hydrogen) atoms. The molecule has 1 saturated heterocycles. The number of anilines is 2. The van der Waals surface area contributed by atoms with Crippen LogP contribution in [0.15, 0.2) is 48.7 Å². The Kier molecular flexibility index (Phi) is 8.81. The van der Waals surface area contributed by atoms with Gasteiger partial charge in [0.1, 0.15) is 0 Å². The molecule has 2 amide bonds. The lowest BCUT2D eigenvalue weighted by Crippen LogP contribution is -2.38. The predicted octanol–water partition coefficient (Wildman–Crippen LogP) is 4.99. The number of fused-ring (bicyclic) bond motifs is 1. The quantitative estimate of drug-likeness (QED) is 0.382. The molecule has 3 aromatic rings. The third-order valence-electron chi connectivity index (χ3n) is 8.06. The van der Waals surface area contributed by atoms with Gasteiger partial charge in [-0.2, -0.15) is 18.2 Å². The summed E-state index contributed by atoms with van der Waals surface area (Å²) >= 11 is 0. The van der Waals surface area contributed by atoms with Gasteiger partial charge in [0, 0.05) is 61.7 Å². The Labute approximate surface area is 243 Å². The molecule has 4 heterocycles. The van der Waals surface area contributed by atoms with Crippen LogP contribution in [0.4, 0.5) is 24.8 Å². The first-order valence-electron chi connectivity index (χ1n) is 14.4. The van der Waals surface area contributed by atoms with E-state index in [0.29, 0.717) is 36.2 Å². The maximum Gasteiger partial charge on any atom is 0.389 e. The molecule has 2 aromatic heterocycles. The second kappa shape index (κ2) is 12.5. The van der Waals surface area contributed by atoms with E-state index < -0.39 is 24.9 Å². The van der Waals surface area contributed by atoms with E-state index in [1.807, 2.05) is 47.4 Å². The van der Waals surface area contributed by atoms with Gasteiger partial charge in [-0.25, -0.2) is 4.52 Å². The van der Waals surface area contributed by atoms with Crippen LogP contribution < -0.4 is 5.32 Å². The minimum Gasteiger partial charge on any atom is -0.339 e. The lowest BCUT2D eigenvalue weighted by Gasteiger charge is -2.27. The van der Waals surface area contributed by atoms with E-state index in [1.165, 1.54) is 4.90 Å². The third-order valence-corrected chi connectivity index (χ3v) is 8.06. The molecule has 1 atom stereocenters. The van der Waals surface area contributed by atoms with Crippen molar-refractivity contribution in [1.82, 2.24) is 29.3 Å². The Balaban J connectivity index is 1.22. The largest absolute Gasteiger partial charge is 0.389 e. The number of carbonyl (C=O) groups is 2. The molecular formula is C30H36F3N7O2. The number of benzene rings is 1. The average Bonchev–Trinajstić information content (AvgIpc) is 3.64. The second-order valence-electron chi connectivity index (χ2n) is 10.7. The zero-order chi connectivity index (χ0) is 29.9. The molecule has 9 nitrogen and oxygen atoms in total. The topological polar surface area (TPSA) is 86.1 Å². The zero-order valence-electron chi connectivity index (χ0n) is 23.9. The third kappa shape index (κ3) is 6.75. The number of likely N-dealkylation sites (N-methyl/N-ethyl adjacent to an activating group) is 1. The molecule has 12 heteroatoms. The minimum absolute atomic E-state index is 0.0353. The number of halogens is 3. The number of nitrogens with one attached hydrogen (secondary N) is 1. The summed E-state index contributed by atoms with van der Waals surface area (Å²) in [5, 5.41) is 7.74. The van der Waals surface area contributed by atoms with Crippen molar-refractivity contribution in [2.75, 3.05) is 44.6 Å². The molecule has 1 aromatic carbocycles. The fourth-order valence-electron chi connectivity index (χ4n) is 5.73. The Morgan fingerprint density at radius 2 is 1.83 bits per heavy atom. The monoisotopic (exact) mass is 583 g/mol. The van der Waals surface area contributed by atoms with Crippen LogP contribution in [0, 0.1) is 0 Å². The van der Waals surface area contributed by atoms with Crippen LogP contribution in [-0.4, -0.2) is 92.6 Å². The number of alkyl halides is 3. The number of aromatic nitrogens is 3. The van der Waals surface area contributed by atoms with Gasteiger partial charge in [0.2, 0.25) is 11.9 Å².